The number of ether oxygens (including phenoxy) is 2. The lowest BCUT2D eigenvalue weighted by Gasteiger charge is -2.29. The zero-order valence-electron chi connectivity index (χ0n) is 22.3. The Labute approximate surface area is 217 Å². The van der Waals surface area contributed by atoms with Crippen molar-refractivity contribution in [3.05, 3.63) is 11.5 Å². The average Bonchev–Trinajstić information content (AvgIpc) is 3.13. The molecule has 8 heteroatoms. The molecule has 0 fully saturated rings. The van der Waals surface area contributed by atoms with E-state index in [0.717, 1.165) is 19.3 Å². The van der Waals surface area contributed by atoms with Gasteiger partial charge in [0.2, 0.25) is 11.9 Å². The normalized spacial score (nSPS) is 17.3. The monoisotopic (exact) mass is 514 g/mol. The van der Waals surface area contributed by atoms with Crippen molar-refractivity contribution in [1.29, 1.82) is 0 Å². The van der Waals surface area contributed by atoms with E-state index < -0.39 is 42.0 Å². The van der Waals surface area contributed by atoms with Crippen LogP contribution < -0.4 is 0 Å². The molecule has 1 aliphatic rings. The number of unbranched alkanes of at least 4 members (excludes halogenated alkanes) is 18. The molecule has 4 N–H and O–H groups in total. The smallest absolute Gasteiger partial charge is 0.378 e. The molecule has 0 spiro atoms. The van der Waals surface area contributed by atoms with Crippen molar-refractivity contribution >= 4 is 11.9 Å². The predicted octanol–water partition coefficient (Wildman–Crippen LogP) is 6.29. The highest BCUT2D eigenvalue weighted by Crippen LogP contribution is 2.29. The third kappa shape index (κ3) is 12.9. The van der Waals surface area contributed by atoms with Gasteiger partial charge in [0.15, 0.2) is 5.76 Å². The van der Waals surface area contributed by atoms with Gasteiger partial charge in [-0.1, -0.05) is 122 Å². The van der Waals surface area contributed by atoms with Crippen molar-refractivity contribution in [2.75, 3.05) is 6.61 Å². The number of carbonyl (C=O) groups is 2. The van der Waals surface area contributed by atoms with Crippen LogP contribution in [0.2, 0.25) is 0 Å². The van der Waals surface area contributed by atoms with Crippen molar-refractivity contribution < 1.29 is 39.5 Å². The lowest BCUT2D eigenvalue weighted by atomic mass is 10.0. The van der Waals surface area contributed by atoms with Gasteiger partial charge in [0, 0.05) is 6.42 Å². The predicted molar refractivity (Wildman–Crippen MR) is 138 cm³/mol. The molecule has 8 nitrogen and oxygen atoms in total. The van der Waals surface area contributed by atoms with E-state index in [0.29, 0.717) is 6.42 Å². The van der Waals surface area contributed by atoms with Crippen molar-refractivity contribution in [2.24, 2.45) is 0 Å². The van der Waals surface area contributed by atoms with Crippen molar-refractivity contribution in [3.63, 3.8) is 0 Å². The number of aliphatic hydroxyl groups is 4. The summed E-state index contributed by atoms with van der Waals surface area (Å²) in [5.74, 6) is -6.75. The van der Waals surface area contributed by atoms with Gasteiger partial charge in [-0.3, -0.25) is 4.79 Å². The lowest BCUT2D eigenvalue weighted by Crippen LogP contribution is -2.50. The Bertz CT molecular complexity index is 647. The minimum atomic E-state index is -2.64. The lowest BCUT2D eigenvalue weighted by molar-refractivity contribution is -0.259. The molecule has 0 saturated carbocycles. The molecule has 1 heterocycles. The van der Waals surface area contributed by atoms with E-state index in [-0.39, 0.29) is 6.42 Å². The number of hydrogen-bond acceptors (Lipinski definition) is 8. The zero-order valence-corrected chi connectivity index (χ0v) is 22.3. The second kappa shape index (κ2) is 19.3. The van der Waals surface area contributed by atoms with Gasteiger partial charge >= 0.3 is 11.9 Å². The summed E-state index contributed by atoms with van der Waals surface area (Å²) in [7, 11) is 0. The molecule has 1 aliphatic heterocycles. The third-order valence-electron chi connectivity index (χ3n) is 6.82. The fourth-order valence-electron chi connectivity index (χ4n) is 4.52. The first-order valence-electron chi connectivity index (χ1n) is 14.2. The summed E-state index contributed by atoms with van der Waals surface area (Å²) in [6.45, 7) is 1.16. The van der Waals surface area contributed by atoms with Gasteiger partial charge < -0.3 is 29.9 Å². The molecule has 0 aromatic carbocycles. The van der Waals surface area contributed by atoms with Gasteiger partial charge in [-0.2, -0.15) is 0 Å². The fourth-order valence-corrected chi connectivity index (χ4v) is 4.52. The van der Waals surface area contributed by atoms with Crippen LogP contribution in [0.3, 0.4) is 0 Å². The maximum atomic E-state index is 12.0. The number of cyclic esters (lactones) is 1. The Kier molecular flexibility index (Phi) is 17.3. The summed E-state index contributed by atoms with van der Waals surface area (Å²) in [6.07, 6.45) is 21.9. The van der Waals surface area contributed by atoms with Crippen LogP contribution in [0.15, 0.2) is 11.5 Å². The van der Waals surface area contributed by atoms with Crippen LogP contribution in [0, 0.1) is 0 Å². The van der Waals surface area contributed by atoms with E-state index in [1.807, 2.05) is 0 Å². The van der Waals surface area contributed by atoms with Crippen LogP contribution in [-0.2, 0) is 19.1 Å². The summed E-state index contributed by atoms with van der Waals surface area (Å²) in [5, 5.41) is 38.7. The van der Waals surface area contributed by atoms with E-state index in [1.54, 1.807) is 0 Å². The quantitative estimate of drug-likeness (QED) is 0.0710. The minimum Gasteiger partial charge on any atom is -0.505 e. The first-order chi connectivity index (χ1) is 17.4. The highest BCUT2D eigenvalue weighted by molar-refractivity contribution is 5.89. The summed E-state index contributed by atoms with van der Waals surface area (Å²) in [5.41, 5.74) is 0. The van der Waals surface area contributed by atoms with Crippen LogP contribution in [0.1, 0.15) is 135 Å². The van der Waals surface area contributed by atoms with Gasteiger partial charge in [-0.15, -0.1) is 0 Å². The van der Waals surface area contributed by atoms with Gasteiger partial charge in [0.25, 0.3) is 5.79 Å². The molecule has 0 aromatic heterocycles. The van der Waals surface area contributed by atoms with E-state index in [2.05, 4.69) is 11.7 Å². The second-order valence-electron chi connectivity index (χ2n) is 10.1. The molecule has 0 saturated heterocycles. The molecule has 0 amide bonds. The third-order valence-corrected chi connectivity index (χ3v) is 6.82. The molecule has 210 valence electrons. The van der Waals surface area contributed by atoms with Gasteiger partial charge in [0.05, 0.1) is 0 Å². The first kappa shape index (κ1) is 32.2. The molecule has 36 heavy (non-hydrogen) atoms. The Morgan fingerprint density at radius 1 is 0.778 bits per heavy atom. The van der Waals surface area contributed by atoms with Crippen LogP contribution >= 0.6 is 0 Å². The molecule has 0 aliphatic carbocycles. The molecule has 0 radical (unpaired) electrons. The number of aliphatic hydroxyl groups excluding tert-OH is 3. The molecule has 0 bridgehead atoms. The first-order valence-corrected chi connectivity index (χ1v) is 14.2. The summed E-state index contributed by atoms with van der Waals surface area (Å²) >= 11 is 0. The highest BCUT2D eigenvalue weighted by atomic mass is 16.7. The topological polar surface area (TPSA) is 134 Å². The van der Waals surface area contributed by atoms with Gasteiger partial charge in [0.1, 0.15) is 6.61 Å². The molecule has 2 atom stereocenters. The Morgan fingerprint density at radius 2 is 1.17 bits per heavy atom. The SMILES string of the molecule is CCCCCCCCCCCCCCCCCCCCCC(=O)O[C@](O)(CO)[C@H]1OC(=O)C(O)=C1O. The standard InChI is InChI=1S/C28H50O8/c1-2-3-4-5-6-7-8-9-10-11-12-13-14-15-16-17-18-19-20-21-23(30)36-28(34,22-29)26-24(31)25(32)27(33)35-26/h26,29,31-32,34H,2-22H2,1H3/t26-,28+/m0/s1. The van der Waals surface area contributed by atoms with Crippen LogP contribution in [0.4, 0.5) is 0 Å². The molecule has 0 unspecified atom stereocenters. The number of carbonyl (C=O) groups excluding carboxylic acids is 2. The van der Waals surface area contributed by atoms with Gasteiger partial charge in [-0.25, -0.2) is 4.79 Å². The summed E-state index contributed by atoms with van der Waals surface area (Å²) in [6, 6.07) is 0. The molecule has 1 rings (SSSR count). The minimum absolute atomic E-state index is 0.0261. The van der Waals surface area contributed by atoms with E-state index in [9.17, 15) is 30.0 Å². The van der Waals surface area contributed by atoms with Gasteiger partial charge in [-0.05, 0) is 6.42 Å². The molecular formula is C28H50O8. The maximum Gasteiger partial charge on any atom is 0.378 e. The Balaban J connectivity index is 1.94. The average molecular weight is 515 g/mol. The Hall–Kier alpha value is -1.80. The number of rotatable bonds is 23. The largest absolute Gasteiger partial charge is 0.505 e. The Morgan fingerprint density at radius 3 is 1.50 bits per heavy atom. The number of hydrogen-bond donors (Lipinski definition) is 4. The number of esters is 2. The zero-order chi connectivity index (χ0) is 26.7. The highest BCUT2D eigenvalue weighted by Gasteiger charge is 2.51. The molecule has 0 aromatic rings. The summed E-state index contributed by atoms with van der Waals surface area (Å²) < 4.78 is 9.45. The van der Waals surface area contributed by atoms with E-state index in [4.69, 9.17) is 4.74 Å². The summed E-state index contributed by atoms with van der Waals surface area (Å²) in [4.78, 5) is 23.3. The molecular weight excluding hydrogens is 464 g/mol. The van der Waals surface area contributed by atoms with Crippen molar-refractivity contribution in [1.82, 2.24) is 0 Å². The fraction of sp³-hybridized carbons (Fsp3) is 0.857. The maximum absolute atomic E-state index is 12.0. The van der Waals surface area contributed by atoms with Crippen LogP contribution in [-0.4, -0.2) is 50.9 Å². The second-order valence-corrected chi connectivity index (χ2v) is 10.1. The van der Waals surface area contributed by atoms with E-state index >= 15 is 0 Å². The van der Waals surface area contributed by atoms with Crippen LogP contribution in [0.25, 0.3) is 0 Å². The van der Waals surface area contributed by atoms with Crippen molar-refractivity contribution in [3.8, 4) is 0 Å². The van der Waals surface area contributed by atoms with Crippen molar-refractivity contribution in [2.45, 2.75) is 147 Å². The van der Waals surface area contributed by atoms with Crippen LogP contribution in [0.5, 0.6) is 0 Å². The van der Waals surface area contributed by atoms with E-state index in [1.165, 1.54) is 96.3 Å².